The van der Waals surface area contributed by atoms with Crippen molar-refractivity contribution in [2.24, 2.45) is 11.8 Å². The molecule has 1 N–H and O–H groups in total. The van der Waals surface area contributed by atoms with Gasteiger partial charge in [-0.1, -0.05) is 46.3 Å². The number of halogens is 1. The molecule has 7 heteroatoms. The second kappa shape index (κ2) is 6.74. The van der Waals surface area contributed by atoms with Crippen molar-refractivity contribution in [2.75, 3.05) is 18.4 Å². The smallest absolute Gasteiger partial charge is 0.250 e. The molecule has 3 saturated heterocycles. The zero-order valence-electron chi connectivity index (χ0n) is 16.9. The van der Waals surface area contributed by atoms with Gasteiger partial charge in [-0.05, 0) is 49.6 Å². The van der Waals surface area contributed by atoms with Crippen LogP contribution in [0.3, 0.4) is 0 Å². The number of anilines is 1. The molecule has 2 aromatic carbocycles. The summed E-state index contributed by atoms with van der Waals surface area (Å²) in [4.78, 5) is 44.4. The lowest BCUT2D eigenvalue weighted by Gasteiger charge is -2.36. The minimum atomic E-state index is -1.10. The monoisotopic (exact) mass is 479 g/mol. The number of nitrogens with zero attached hydrogens (tertiary/aromatic N) is 2. The largest absolute Gasteiger partial charge is 0.324 e. The summed E-state index contributed by atoms with van der Waals surface area (Å²) in [6, 6.07) is 15.5. The third-order valence-corrected chi connectivity index (χ3v) is 8.01. The Hall–Kier alpha value is -2.51. The lowest BCUT2D eigenvalue weighted by Crippen LogP contribution is -2.54. The molecule has 158 valence electrons. The number of hydrogen-bond acceptors (Lipinski definition) is 4. The highest BCUT2D eigenvalue weighted by molar-refractivity contribution is 9.10. The van der Waals surface area contributed by atoms with Gasteiger partial charge in [-0.3, -0.25) is 24.2 Å². The number of carbonyl (C=O) groups is 3. The predicted octanol–water partition coefficient (Wildman–Crippen LogP) is 2.92. The van der Waals surface area contributed by atoms with Crippen LogP contribution in [0.5, 0.6) is 0 Å². The minimum absolute atomic E-state index is 0.0705. The van der Waals surface area contributed by atoms with E-state index < -0.39 is 17.4 Å². The van der Waals surface area contributed by atoms with Crippen molar-refractivity contribution >= 4 is 39.3 Å². The van der Waals surface area contributed by atoms with Crippen molar-refractivity contribution in [1.29, 1.82) is 0 Å². The average molecular weight is 480 g/mol. The number of rotatable bonds is 3. The molecule has 3 amide bonds. The van der Waals surface area contributed by atoms with E-state index in [1.165, 1.54) is 4.90 Å². The molecule has 2 aromatic rings. The van der Waals surface area contributed by atoms with Gasteiger partial charge in [-0.2, -0.15) is 0 Å². The molecule has 4 aliphatic rings. The van der Waals surface area contributed by atoms with Gasteiger partial charge in [0.05, 0.1) is 11.8 Å². The van der Waals surface area contributed by atoms with Crippen LogP contribution in [0.2, 0.25) is 0 Å². The van der Waals surface area contributed by atoms with Gasteiger partial charge >= 0.3 is 0 Å². The number of hydrogen-bond donors (Lipinski definition) is 1. The first kappa shape index (κ1) is 19.2. The van der Waals surface area contributed by atoms with Crippen LogP contribution in [0.1, 0.15) is 24.0 Å². The fourth-order valence-electron chi connectivity index (χ4n) is 6.34. The Labute approximate surface area is 188 Å². The molecule has 31 heavy (non-hydrogen) atoms. The quantitative estimate of drug-likeness (QED) is 0.687. The lowest BCUT2D eigenvalue weighted by molar-refractivity contribution is -0.145. The third-order valence-electron chi connectivity index (χ3n) is 7.51. The molecule has 0 aromatic heterocycles. The number of likely N-dealkylation sites (tertiary alicyclic amines) is 1. The van der Waals surface area contributed by atoms with E-state index in [4.69, 9.17) is 0 Å². The maximum Gasteiger partial charge on any atom is 0.250 e. The Morgan fingerprint density at radius 2 is 1.87 bits per heavy atom. The topological polar surface area (TPSA) is 69.7 Å². The molecule has 6 nitrogen and oxygen atoms in total. The van der Waals surface area contributed by atoms with E-state index in [1.54, 1.807) is 0 Å². The van der Waals surface area contributed by atoms with Crippen molar-refractivity contribution in [1.82, 2.24) is 9.80 Å². The number of fused-ring (bicyclic) bond motifs is 7. The molecule has 0 bridgehead atoms. The lowest BCUT2D eigenvalue weighted by atomic mass is 9.75. The van der Waals surface area contributed by atoms with Gasteiger partial charge < -0.3 is 5.32 Å². The second-order valence-corrected chi connectivity index (χ2v) is 9.80. The summed E-state index contributed by atoms with van der Waals surface area (Å²) in [6.07, 6.45) is 2.39. The van der Waals surface area contributed by atoms with Crippen LogP contribution >= 0.6 is 15.9 Å². The standard InChI is InChI=1S/C24H22BrN3O3/c25-15-8-9-17-16(13-15)24(23(31)26-17)20-19(18-7-4-11-28(18)24)21(29)27(22(20)30)12-10-14-5-2-1-3-6-14/h1-3,5-6,8-9,13,18-20H,4,7,10-12H2,(H,26,31). The van der Waals surface area contributed by atoms with Gasteiger partial charge in [0.25, 0.3) is 0 Å². The highest BCUT2D eigenvalue weighted by Crippen LogP contribution is 2.60. The predicted molar refractivity (Wildman–Crippen MR) is 118 cm³/mol. The Balaban J connectivity index is 1.43. The maximum absolute atomic E-state index is 13.7. The summed E-state index contributed by atoms with van der Waals surface area (Å²) in [7, 11) is 0. The van der Waals surface area contributed by atoms with Gasteiger partial charge in [-0.25, -0.2) is 0 Å². The van der Waals surface area contributed by atoms with Crippen molar-refractivity contribution in [3.63, 3.8) is 0 Å². The average Bonchev–Trinajstić information content (AvgIpc) is 3.47. The summed E-state index contributed by atoms with van der Waals surface area (Å²) >= 11 is 3.53. The molecule has 1 spiro atoms. The van der Waals surface area contributed by atoms with Crippen LogP contribution in [-0.2, 0) is 26.3 Å². The normalized spacial score (nSPS) is 31.3. The highest BCUT2D eigenvalue weighted by Gasteiger charge is 2.74. The Kier molecular flexibility index (Phi) is 4.17. The number of carbonyl (C=O) groups excluding carboxylic acids is 3. The summed E-state index contributed by atoms with van der Waals surface area (Å²) in [5.41, 5.74) is 1.55. The fourth-order valence-corrected chi connectivity index (χ4v) is 6.70. The summed E-state index contributed by atoms with van der Waals surface area (Å²) in [5.74, 6) is -1.62. The van der Waals surface area contributed by atoms with Crippen molar-refractivity contribution in [3.05, 3.63) is 64.1 Å². The molecular weight excluding hydrogens is 458 g/mol. The zero-order chi connectivity index (χ0) is 21.3. The van der Waals surface area contributed by atoms with Gasteiger partial charge in [0.2, 0.25) is 17.7 Å². The van der Waals surface area contributed by atoms with E-state index in [0.29, 0.717) is 13.0 Å². The van der Waals surface area contributed by atoms with Gasteiger partial charge in [-0.15, -0.1) is 0 Å². The third kappa shape index (κ3) is 2.44. The van der Waals surface area contributed by atoms with Crippen LogP contribution in [0.4, 0.5) is 5.69 Å². The Morgan fingerprint density at radius 3 is 2.68 bits per heavy atom. The Morgan fingerprint density at radius 1 is 1.06 bits per heavy atom. The second-order valence-electron chi connectivity index (χ2n) is 8.88. The number of nitrogens with one attached hydrogen (secondary N) is 1. The van der Waals surface area contributed by atoms with Gasteiger partial charge in [0, 0.05) is 28.3 Å². The van der Waals surface area contributed by atoms with E-state index in [0.717, 1.165) is 40.7 Å². The van der Waals surface area contributed by atoms with E-state index in [2.05, 4.69) is 26.1 Å². The van der Waals surface area contributed by atoms with Gasteiger partial charge in [0.15, 0.2) is 0 Å². The molecule has 4 aliphatic heterocycles. The molecule has 0 radical (unpaired) electrons. The molecule has 3 fully saturated rings. The van der Waals surface area contributed by atoms with E-state index in [1.807, 2.05) is 48.5 Å². The van der Waals surface area contributed by atoms with E-state index >= 15 is 0 Å². The van der Waals surface area contributed by atoms with Crippen molar-refractivity contribution < 1.29 is 14.4 Å². The number of benzene rings is 2. The number of amides is 3. The zero-order valence-corrected chi connectivity index (χ0v) is 18.5. The summed E-state index contributed by atoms with van der Waals surface area (Å²) < 4.78 is 0.860. The Bertz CT molecular complexity index is 1120. The van der Waals surface area contributed by atoms with Crippen LogP contribution in [0.25, 0.3) is 0 Å². The van der Waals surface area contributed by atoms with Crippen molar-refractivity contribution in [2.45, 2.75) is 30.8 Å². The number of imide groups is 1. The van der Waals surface area contributed by atoms with Crippen LogP contribution in [-0.4, -0.2) is 46.7 Å². The van der Waals surface area contributed by atoms with Crippen LogP contribution in [0.15, 0.2) is 53.0 Å². The van der Waals surface area contributed by atoms with Crippen LogP contribution < -0.4 is 5.32 Å². The molecular formula is C24H22BrN3O3. The first-order valence-corrected chi connectivity index (χ1v) is 11.6. The molecule has 0 saturated carbocycles. The summed E-state index contributed by atoms with van der Waals surface area (Å²) in [6.45, 7) is 1.08. The van der Waals surface area contributed by atoms with E-state index in [-0.39, 0.29) is 23.8 Å². The van der Waals surface area contributed by atoms with E-state index in [9.17, 15) is 14.4 Å². The molecule has 4 atom stereocenters. The first-order valence-electron chi connectivity index (χ1n) is 10.8. The maximum atomic E-state index is 13.7. The van der Waals surface area contributed by atoms with Crippen molar-refractivity contribution in [3.8, 4) is 0 Å². The molecule has 4 heterocycles. The summed E-state index contributed by atoms with van der Waals surface area (Å²) in [5, 5.41) is 3.01. The molecule has 6 rings (SSSR count). The highest BCUT2D eigenvalue weighted by atomic mass is 79.9. The fraction of sp³-hybridized carbons (Fsp3) is 0.375. The molecule has 4 unspecified atom stereocenters. The van der Waals surface area contributed by atoms with Crippen LogP contribution in [0, 0.1) is 11.8 Å². The first-order chi connectivity index (χ1) is 15.0. The minimum Gasteiger partial charge on any atom is -0.324 e. The van der Waals surface area contributed by atoms with Gasteiger partial charge in [0.1, 0.15) is 5.54 Å². The molecule has 0 aliphatic carbocycles. The SMILES string of the molecule is O=C1C2C3CCCN3C3(C(=O)Nc4ccc(Br)cc43)C2C(=O)N1CCc1ccccc1.